The molecule has 122 valence electrons. The van der Waals surface area contributed by atoms with Crippen LogP contribution in [0.15, 0.2) is 24.3 Å². The molecular weight excluding hydrogens is 276 g/mol. The van der Waals surface area contributed by atoms with Crippen molar-refractivity contribution in [3.63, 3.8) is 0 Å². The molecule has 4 heteroatoms. The third-order valence-electron chi connectivity index (χ3n) is 3.74. The SMILES string of the molecule is CCCC(C)NC(=O)C(NC(=O)c1ccccc1C)C(C)C. The molecule has 1 aromatic rings. The molecule has 0 bridgehead atoms. The van der Waals surface area contributed by atoms with Crippen molar-refractivity contribution < 1.29 is 9.59 Å². The van der Waals surface area contributed by atoms with Gasteiger partial charge >= 0.3 is 0 Å². The lowest BCUT2D eigenvalue weighted by Crippen LogP contribution is -2.51. The molecule has 1 rings (SSSR count). The maximum atomic E-state index is 12.4. The molecule has 2 unspecified atom stereocenters. The van der Waals surface area contributed by atoms with Crippen molar-refractivity contribution in [3.8, 4) is 0 Å². The van der Waals surface area contributed by atoms with Gasteiger partial charge in [0, 0.05) is 11.6 Å². The molecule has 0 heterocycles. The molecule has 4 nitrogen and oxygen atoms in total. The average Bonchev–Trinajstić information content (AvgIpc) is 2.44. The van der Waals surface area contributed by atoms with Crippen molar-refractivity contribution in [2.24, 2.45) is 5.92 Å². The highest BCUT2D eigenvalue weighted by Crippen LogP contribution is 2.10. The van der Waals surface area contributed by atoms with Gasteiger partial charge in [-0.1, -0.05) is 45.4 Å². The minimum absolute atomic E-state index is 0.0294. The zero-order valence-electron chi connectivity index (χ0n) is 14.3. The fraction of sp³-hybridized carbons (Fsp3) is 0.556. The molecule has 0 radical (unpaired) electrons. The summed E-state index contributed by atoms with van der Waals surface area (Å²) in [7, 11) is 0. The fourth-order valence-electron chi connectivity index (χ4n) is 2.42. The Morgan fingerprint density at radius 2 is 1.73 bits per heavy atom. The predicted molar refractivity (Wildman–Crippen MR) is 89.8 cm³/mol. The number of aryl methyl sites for hydroxylation is 1. The minimum Gasteiger partial charge on any atom is -0.352 e. The molecule has 0 aliphatic carbocycles. The van der Waals surface area contributed by atoms with Crippen LogP contribution in [-0.4, -0.2) is 23.9 Å². The van der Waals surface area contributed by atoms with E-state index in [2.05, 4.69) is 17.6 Å². The number of hydrogen-bond donors (Lipinski definition) is 2. The van der Waals surface area contributed by atoms with E-state index in [1.807, 2.05) is 45.9 Å². The number of benzene rings is 1. The van der Waals surface area contributed by atoms with Crippen LogP contribution in [-0.2, 0) is 4.79 Å². The van der Waals surface area contributed by atoms with Gasteiger partial charge in [-0.25, -0.2) is 0 Å². The Morgan fingerprint density at radius 3 is 2.27 bits per heavy atom. The largest absolute Gasteiger partial charge is 0.352 e. The molecule has 1 aromatic carbocycles. The maximum absolute atomic E-state index is 12.4. The summed E-state index contributed by atoms with van der Waals surface area (Å²) in [4.78, 5) is 24.8. The minimum atomic E-state index is -0.522. The topological polar surface area (TPSA) is 58.2 Å². The van der Waals surface area contributed by atoms with Crippen LogP contribution >= 0.6 is 0 Å². The van der Waals surface area contributed by atoms with Crippen LogP contribution in [0.4, 0.5) is 0 Å². The van der Waals surface area contributed by atoms with Gasteiger partial charge in [-0.15, -0.1) is 0 Å². The predicted octanol–water partition coefficient (Wildman–Crippen LogP) is 3.05. The van der Waals surface area contributed by atoms with Gasteiger partial charge in [0.05, 0.1) is 0 Å². The standard InChI is InChI=1S/C18H28N2O2/c1-6-9-14(5)19-18(22)16(12(2)3)20-17(21)15-11-8-7-10-13(15)4/h7-8,10-12,14,16H,6,9H2,1-5H3,(H,19,22)(H,20,21). The zero-order valence-corrected chi connectivity index (χ0v) is 14.3. The second-order valence-corrected chi connectivity index (χ2v) is 6.21. The lowest BCUT2D eigenvalue weighted by molar-refractivity contribution is -0.124. The van der Waals surface area contributed by atoms with Gasteiger partial charge in [0.25, 0.3) is 5.91 Å². The summed E-state index contributed by atoms with van der Waals surface area (Å²) in [6.07, 6.45) is 1.95. The van der Waals surface area contributed by atoms with Crippen molar-refractivity contribution in [1.29, 1.82) is 0 Å². The van der Waals surface area contributed by atoms with Crippen molar-refractivity contribution in [3.05, 3.63) is 35.4 Å². The van der Waals surface area contributed by atoms with Crippen LogP contribution in [0.5, 0.6) is 0 Å². The third kappa shape index (κ3) is 5.17. The van der Waals surface area contributed by atoms with E-state index in [1.54, 1.807) is 6.07 Å². The Labute approximate surface area is 133 Å². The molecule has 0 aliphatic rings. The number of rotatable bonds is 7. The second kappa shape index (κ2) is 8.57. The van der Waals surface area contributed by atoms with Gasteiger partial charge in [0.2, 0.25) is 5.91 Å². The number of amides is 2. The van der Waals surface area contributed by atoms with E-state index >= 15 is 0 Å². The summed E-state index contributed by atoms with van der Waals surface area (Å²) < 4.78 is 0. The van der Waals surface area contributed by atoms with Crippen LogP contribution in [0.3, 0.4) is 0 Å². The van der Waals surface area contributed by atoms with Crippen molar-refractivity contribution >= 4 is 11.8 Å². The lowest BCUT2D eigenvalue weighted by atomic mass is 10.0. The molecule has 2 N–H and O–H groups in total. The quantitative estimate of drug-likeness (QED) is 0.813. The van der Waals surface area contributed by atoms with Gasteiger partial charge in [-0.2, -0.15) is 0 Å². The third-order valence-corrected chi connectivity index (χ3v) is 3.74. The van der Waals surface area contributed by atoms with Gasteiger partial charge in [-0.3, -0.25) is 9.59 Å². The van der Waals surface area contributed by atoms with Crippen molar-refractivity contribution in [2.75, 3.05) is 0 Å². The van der Waals surface area contributed by atoms with E-state index in [-0.39, 0.29) is 23.8 Å². The Bertz CT molecular complexity index is 512. The van der Waals surface area contributed by atoms with Gasteiger partial charge in [-0.05, 0) is 37.8 Å². The number of hydrogen-bond acceptors (Lipinski definition) is 2. The molecule has 0 saturated heterocycles. The molecule has 2 amide bonds. The molecule has 22 heavy (non-hydrogen) atoms. The molecule has 0 aromatic heterocycles. The average molecular weight is 304 g/mol. The lowest BCUT2D eigenvalue weighted by Gasteiger charge is -2.24. The van der Waals surface area contributed by atoms with Crippen LogP contribution in [0, 0.1) is 12.8 Å². The Hall–Kier alpha value is -1.84. The van der Waals surface area contributed by atoms with Crippen LogP contribution in [0.2, 0.25) is 0 Å². The second-order valence-electron chi connectivity index (χ2n) is 6.21. The molecule has 2 atom stereocenters. The monoisotopic (exact) mass is 304 g/mol. The molecule has 0 fully saturated rings. The summed E-state index contributed by atoms with van der Waals surface area (Å²) in [5, 5.41) is 5.85. The molecule has 0 saturated carbocycles. The van der Waals surface area contributed by atoms with E-state index in [1.165, 1.54) is 0 Å². The Morgan fingerprint density at radius 1 is 1.09 bits per heavy atom. The van der Waals surface area contributed by atoms with E-state index in [9.17, 15) is 9.59 Å². The van der Waals surface area contributed by atoms with E-state index in [0.29, 0.717) is 5.56 Å². The number of carbonyl (C=O) groups is 2. The van der Waals surface area contributed by atoms with E-state index in [0.717, 1.165) is 18.4 Å². The molecule has 0 aliphatic heterocycles. The first-order valence-corrected chi connectivity index (χ1v) is 8.03. The van der Waals surface area contributed by atoms with E-state index < -0.39 is 6.04 Å². The van der Waals surface area contributed by atoms with Crippen LogP contribution < -0.4 is 10.6 Å². The molecule has 0 spiro atoms. The first-order chi connectivity index (χ1) is 10.4. The first kappa shape index (κ1) is 18.2. The summed E-state index contributed by atoms with van der Waals surface area (Å²) in [5.74, 6) is -0.283. The summed E-state index contributed by atoms with van der Waals surface area (Å²) in [6.45, 7) is 9.84. The van der Waals surface area contributed by atoms with Gasteiger partial charge in [0.1, 0.15) is 6.04 Å². The normalized spacial score (nSPS) is 13.5. The van der Waals surface area contributed by atoms with E-state index in [4.69, 9.17) is 0 Å². The van der Waals surface area contributed by atoms with Crippen molar-refractivity contribution in [1.82, 2.24) is 10.6 Å². The van der Waals surface area contributed by atoms with Gasteiger partial charge < -0.3 is 10.6 Å². The fourth-order valence-corrected chi connectivity index (χ4v) is 2.42. The van der Waals surface area contributed by atoms with Gasteiger partial charge in [0.15, 0.2) is 0 Å². The molecular formula is C18H28N2O2. The maximum Gasteiger partial charge on any atom is 0.252 e. The summed E-state index contributed by atoms with van der Waals surface area (Å²) >= 11 is 0. The van der Waals surface area contributed by atoms with Crippen LogP contribution in [0.25, 0.3) is 0 Å². The Kier molecular flexibility index (Phi) is 7.09. The zero-order chi connectivity index (χ0) is 16.7. The van der Waals surface area contributed by atoms with Crippen molar-refractivity contribution in [2.45, 2.75) is 59.5 Å². The highest BCUT2D eigenvalue weighted by Gasteiger charge is 2.25. The first-order valence-electron chi connectivity index (χ1n) is 8.03. The highest BCUT2D eigenvalue weighted by atomic mass is 16.2. The number of nitrogens with one attached hydrogen (secondary N) is 2. The Balaban J connectivity index is 2.78. The summed E-state index contributed by atoms with van der Waals surface area (Å²) in [5.41, 5.74) is 1.52. The summed E-state index contributed by atoms with van der Waals surface area (Å²) in [6, 6.07) is 6.99. The number of carbonyl (C=O) groups excluding carboxylic acids is 2. The smallest absolute Gasteiger partial charge is 0.252 e. The highest BCUT2D eigenvalue weighted by molar-refractivity contribution is 5.98. The van der Waals surface area contributed by atoms with Crippen LogP contribution in [0.1, 0.15) is 56.5 Å².